The van der Waals surface area contributed by atoms with E-state index in [9.17, 15) is 4.79 Å². The van der Waals surface area contributed by atoms with Gasteiger partial charge in [0.05, 0.1) is 5.41 Å². The van der Waals surface area contributed by atoms with Crippen LogP contribution in [0.4, 0.5) is 0 Å². The van der Waals surface area contributed by atoms with Crippen LogP contribution in [-0.2, 0) is 9.53 Å². The average molecular weight is 441 g/mol. The Labute approximate surface area is 196 Å². The number of phenols is 1. The average Bonchev–Trinajstić information content (AvgIpc) is 3.12. The number of phenolic OH excluding ortho intramolecular Hbond substituents is 1. The predicted molar refractivity (Wildman–Crippen MR) is 140 cm³/mol. The summed E-state index contributed by atoms with van der Waals surface area (Å²) in [5.41, 5.74) is 0.777. The van der Waals surface area contributed by atoms with Gasteiger partial charge in [-0.25, -0.2) is 0 Å². The highest BCUT2D eigenvalue weighted by Gasteiger charge is 2.43. The largest absolute Gasteiger partial charge is 0.508 e. The molecule has 3 nitrogen and oxygen atoms in total. The molecule has 1 aromatic carbocycles. The minimum Gasteiger partial charge on any atom is -0.508 e. The van der Waals surface area contributed by atoms with Gasteiger partial charge in [0.15, 0.2) is 0 Å². The van der Waals surface area contributed by atoms with Crippen molar-refractivity contribution in [2.24, 2.45) is 11.3 Å². The molecule has 31 heavy (non-hydrogen) atoms. The van der Waals surface area contributed by atoms with Crippen molar-refractivity contribution in [1.29, 1.82) is 0 Å². The lowest BCUT2D eigenvalue weighted by Gasteiger charge is -2.36. The van der Waals surface area contributed by atoms with Crippen molar-refractivity contribution in [2.75, 3.05) is 0 Å². The Morgan fingerprint density at radius 1 is 1.00 bits per heavy atom. The van der Waals surface area contributed by atoms with Crippen LogP contribution in [-0.4, -0.2) is 16.7 Å². The molecule has 0 radical (unpaired) electrons. The fourth-order valence-corrected chi connectivity index (χ4v) is 3.28. The number of rotatable bonds is 6. The van der Waals surface area contributed by atoms with Gasteiger partial charge in [0.2, 0.25) is 0 Å². The molecule has 0 bridgehead atoms. The molecule has 1 saturated carbocycles. The summed E-state index contributed by atoms with van der Waals surface area (Å²) in [6.45, 7) is 14.7. The SMILES string of the molecule is C.C.C.C.CCC(C)(C)C(=O)OC1(C(C)C)CCCC1.CCC(C)c1ccc(O)cc1. The van der Waals surface area contributed by atoms with Crippen molar-refractivity contribution in [3.63, 3.8) is 0 Å². The van der Waals surface area contributed by atoms with E-state index in [1.165, 1.54) is 18.4 Å². The number of benzene rings is 1. The summed E-state index contributed by atoms with van der Waals surface area (Å²) in [7, 11) is 0. The zero-order valence-corrected chi connectivity index (χ0v) is 18.5. The van der Waals surface area contributed by atoms with E-state index in [2.05, 4.69) is 27.7 Å². The molecule has 3 heteroatoms. The molecule has 2 rings (SSSR count). The minimum absolute atomic E-state index is 0. The van der Waals surface area contributed by atoms with Crippen LogP contribution >= 0.6 is 0 Å². The summed E-state index contributed by atoms with van der Waals surface area (Å²) < 4.78 is 5.88. The first kappa shape index (κ1) is 36.8. The smallest absolute Gasteiger partial charge is 0.312 e. The number of esters is 1. The Morgan fingerprint density at radius 2 is 1.45 bits per heavy atom. The van der Waals surface area contributed by atoms with E-state index in [-0.39, 0.29) is 46.7 Å². The van der Waals surface area contributed by atoms with Crippen molar-refractivity contribution in [3.05, 3.63) is 29.8 Å². The lowest BCUT2D eigenvalue weighted by molar-refractivity contribution is -0.175. The number of ether oxygens (including phenoxy) is 1. The lowest BCUT2D eigenvalue weighted by Crippen LogP contribution is -2.41. The predicted octanol–water partition coefficient (Wildman–Crippen LogP) is 9.38. The highest BCUT2D eigenvalue weighted by molar-refractivity contribution is 5.76. The standard InChI is InChI=1S/C14H26O2.C10H14O.4CH4/c1-6-13(4,5)12(15)16-14(11(2)3)9-7-8-10-14;1-3-8(2)9-4-6-10(11)7-5-9;;;;/h11H,6-10H2,1-5H3;4-8,11H,3H2,1-2H3;4*1H4. The minimum atomic E-state index is -0.343. The van der Waals surface area contributed by atoms with Gasteiger partial charge in [-0.05, 0) is 81.9 Å². The van der Waals surface area contributed by atoms with Gasteiger partial charge < -0.3 is 9.84 Å². The Kier molecular flexibility index (Phi) is 19.2. The van der Waals surface area contributed by atoms with E-state index in [1.807, 2.05) is 32.9 Å². The maximum Gasteiger partial charge on any atom is 0.312 e. The van der Waals surface area contributed by atoms with E-state index in [1.54, 1.807) is 12.1 Å². The fraction of sp³-hybridized carbons (Fsp3) is 0.750. The summed E-state index contributed by atoms with van der Waals surface area (Å²) in [4.78, 5) is 12.1. The van der Waals surface area contributed by atoms with Crippen molar-refractivity contribution >= 4 is 5.97 Å². The van der Waals surface area contributed by atoms with Crippen LogP contribution in [0.25, 0.3) is 0 Å². The van der Waals surface area contributed by atoms with Gasteiger partial charge in [-0.3, -0.25) is 4.79 Å². The summed E-state index contributed by atoms with van der Waals surface area (Å²) in [5, 5.41) is 9.01. The molecular formula is C28H56O3. The Balaban J connectivity index is -0.000000218. The van der Waals surface area contributed by atoms with Crippen LogP contribution in [0, 0.1) is 11.3 Å². The Morgan fingerprint density at radius 3 is 1.81 bits per heavy atom. The third-order valence-electron chi connectivity index (χ3n) is 6.31. The quantitative estimate of drug-likeness (QED) is 0.448. The molecule has 1 unspecified atom stereocenters. The highest BCUT2D eigenvalue weighted by atomic mass is 16.6. The molecule has 0 aromatic heterocycles. The van der Waals surface area contributed by atoms with Crippen molar-refractivity contribution in [2.45, 2.75) is 128 Å². The van der Waals surface area contributed by atoms with E-state index < -0.39 is 0 Å². The molecule has 0 amide bonds. The van der Waals surface area contributed by atoms with Crippen LogP contribution < -0.4 is 0 Å². The zero-order valence-electron chi connectivity index (χ0n) is 18.5. The molecule has 1 atom stereocenters. The first-order valence-corrected chi connectivity index (χ1v) is 10.6. The second kappa shape index (κ2) is 16.2. The maximum atomic E-state index is 12.1. The first-order chi connectivity index (χ1) is 12.6. The van der Waals surface area contributed by atoms with E-state index in [0.29, 0.717) is 17.6 Å². The van der Waals surface area contributed by atoms with Crippen LogP contribution in [0.15, 0.2) is 24.3 Å². The van der Waals surface area contributed by atoms with Gasteiger partial charge in [0.1, 0.15) is 11.4 Å². The molecule has 1 N–H and O–H groups in total. The molecule has 0 aliphatic heterocycles. The number of hydrogen-bond acceptors (Lipinski definition) is 3. The number of aromatic hydroxyl groups is 1. The first-order valence-electron chi connectivity index (χ1n) is 10.6. The summed E-state index contributed by atoms with van der Waals surface area (Å²) in [6, 6.07) is 7.43. The third kappa shape index (κ3) is 10.6. The van der Waals surface area contributed by atoms with Gasteiger partial charge in [0, 0.05) is 0 Å². The number of carbonyl (C=O) groups excluding carboxylic acids is 1. The maximum absolute atomic E-state index is 12.1. The topological polar surface area (TPSA) is 46.5 Å². The van der Waals surface area contributed by atoms with Gasteiger partial charge in [-0.2, -0.15) is 0 Å². The summed E-state index contributed by atoms with van der Waals surface area (Å²) in [5.74, 6) is 1.34. The highest BCUT2D eigenvalue weighted by Crippen LogP contribution is 2.41. The molecule has 186 valence electrons. The molecule has 1 aromatic rings. The van der Waals surface area contributed by atoms with E-state index in [4.69, 9.17) is 9.84 Å². The van der Waals surface area contributed by atoms with Crippen molar-refractivity contribution in [1.82, 2.24) is 0 Å². The van der Waals surface area contributed by atoms with E-state index >= 15 is 0 Å². The third-order valence-corrected chi connectivity index (χ3v) is 6.31. The van der Waals surface area contributed by atoms with Gasteiger partial charge >= 0.3 is 5.97 Å². The number of hydrogen-bond donors (Lipinski definition) is 1. The Hall–Kier alpha value is -1.51. The molecule has 0 spiro atoms. The molecule has 1 fully saturated rings. The molecule has 0 heterocycles. The Bertz CT molecular complexity index is 566. The van der Waals surface area contributed by atoms with Crippen molar-refractivity contribution < 1.29 is 14.6 Å². The second-order valence-electron chi connectivity index (χ2n) is 8.95. The molecule has 1 aliphatic carbocycles. The van der Waals surface area contributed by atoms with Gasteiger partial charge in [0.25, 0.3) is 0 Å². The second-order valence-corrected chi connectivity index (χ2v) is 8.95. The van der Waals surface area contributed by atoms with Crippen LogP contribution in [0.3, 0.4) is 0 Å². The van der Waals surface area contributed by atoms with Gasteiger partial charge in [-0.15, -0.1) is 0 Å². The monoisotopic (exact) mass is 440 g/mol. The van der Waals surface area contributed by atoms with Crippen LogP contribution in [0.1, 0.15) is 128 Å². The zero-order chi connectivity index (χ0) is 20.7. The van der Waals surface area contributed by atoms with Crippen molar-refractivity contribution in [3.8, 4) is 5.75 Å². The molecule has 1 aliphatic rings. The van der Waals surface area contributed by atoms with E-state index in [0.717, 1.165) is 25.7 Å². The molecule has 0 saturated heterocycles. The molecular weight excluding hydrogens is 384 g/mol. The fourth-order valence-electron chi connectivity index (χ4n) is 3.28. The summed E-state index contributed by atoms with van der Waals surface area (Å²) in [6.07, 6.45) is 6.44. The summed E-state index contributed by atoms with van der Waals surface area (Å²) >= 11 is 0. The normalized spacial score (nSPS) is 15.0. The van der Waals surface area contributed by atoms with Gasteiger partial charge in [-0.1, -0.05) is 76.5 Å². The van der Waals surface area contributed by atoms with Crippen LogP contribution in [0.2, 0.25) is 0 Å². The number of carbonyl (C=O) groups is 1. The lowest BCUT2D eigenvalue weighted by atomic mass is 9.86. The van der Waals surface area contributed by atoms with Crippen LogP contribution in [0.5, 0.6) is 5.75 Å².